The zero-order valence-electron chi connectivity index (χ0n) is 10.9. The second-order valence-electron chi connectivity index (χ2n) is 4.23. The maximum absolute atomic E-state index is 13.9. The topological polar surface area (TPSA) is 44.5 Å². The molecule has 0 fully saturated rings. The molecule has 4 heteroatoms. The van der Waals surface area contributed by atoms with Crippen LogP contribution in [-0.4, -0.2) is 7.11 Å². The summed E-state index contributed by atoms with van der Waals surface area (Å²) in [5, 5.41) is 0. The Balaban J connectivity index is 2.37. The van der Waals surface area contributed by atoms with Crippen molar-refractivity contribution >= 4 is 0 Å². The molecule has 0 aromatic heterocycles. The summed E-state index contributed by atoms with van der Waals surface area (Å²) >= 11 is 0. The van der Waals surface area contributed by atoms with Crippen molar-refractivity contribution in [2.75, 3.05) is 7.11 Å². The Morgan fingerprint density at radius 1 is 1.11 bits per heavy atom. The zero-order valence-corrected chi connectivity index (χ0v) is 10.9. The Bertz CT molecular complexity index is 570. The number of rotatable bonds is 4. The van der Waals surface area contributed by atoms with Crippen LogP contribution < -0.4 is 15.2 Å². The molecule has 3 nitrogen and oxygen atoms in total. The minimum absolute atomic E-state index is 0.158. The third kappa shape index (κ3) is 3.03. The molecule has 0 aliphatic rings. The third-order valence-electron chi connectivity index (χ3n) is 2.75. The molecule has 0 saturated carbocycles. The summed E-state index contributed by atoms with van der Waals surface area (Å²) in [6.07, 6.45) is 0. The molecule has 100 valence electrons. The van der Waals surface area contributed by atoms with E-state index in [4.69, 9.17) is 15.2 Å². The van der Waals surface area contributed by atoms with Crippen LogP contribution in [0.4, 0.5) is 4.39 Å². The maximum atomic E-state index is 13.9. The normalized spacial score (nSPS) is 12.0. The minimum Gasteiger partial charge on any atom is -0.497 e. The number of hydrogen-bond donors (Lipinski definition) is 1. The lowest BCUT2D eigenvalue weighted by Gasteiger charge is -2.14. The summed E-state index contributed by atoms with van der Waals surface area (Å²) in [6, 6.07) is 11.4. The lowest BCUT2D eigenvalue weighted by atomic mass is 10.1. The molecule has 0 bridgehead atoms. The van der Waals surface area contributed by atoms with Gasteiger partial charge in [0.25, 0.3) is 0 Å². The SMILES string of the molecule is COc1cccc(Oc2c(F)cccc2[C@@H](C)N)c1. The molecule has 0 aliphatic carbocycles. The second-order valence-corrected chi connectivity index (χ2v) is 4.23. The minimum atomic E-state index is -0.433. The van der Waals surface area contributed by atoms with E-state index >= 15 is 0 Å². The molecule has 2 N–H and O–H groups in total. The van der Waals surface area contributed by atoms with E-state index in [0.29, 0.717) is 17.1 Å². The van der Waals surface area contributed by atoms with Gasteiger partial charge >= 0.3 is 0 Å². The number of nitrogens with two attached hydrogens (primary N) is 1. The van der Waals surface area contributed by atoms with E-state index in [-0.39, 0.29) is 11.8 Å². The highest BCUT2D eigenvalue weighted by Crippen LogP contribution is 2.32. The van der Waals surface area contributed by atoms with Crippen molar-refractivity contribution in [2.45, 2.75) is 13.0 Å². The van der Waals surface area contributed by atoms with E-state index in [1.807, 2.05) is 0 Å². The Labute approximate surface area is 111 Å². The molecule has 0 unspecified atom stereocenters. The fourth-order valence-electron chi connectivity index (χ4n) is 1.77. The monoisotopic (exact) mass is 261 g/mol. The Morgan fingerprint density at radius 3 is 2.47 bits per heavy atom. The van der Waals surface area contributed by atoms with Crippen LogP contribution in [-0.2, 0) is 0 Å². The molecule has 2 rings (SSSR count). The number of halogens is 1. The Hall–Kier alpha value is -2.07. The van der Waals surface area contributed by atoms with Gasteiger partial charge in [-0.05, 0) is 25.1 Å². The summed E-state index contributed by atoms with van der Waals surface area (Å²) in [5.74, 6) is 0.880. The standard InChI is InChI=1S/C15H16FNO2/c1-10(17)13-7-4-8-14(16)15(13)19-12-6-3-5-11(9-12)18-2/h3-10H,17H2,1-2H3/t10-/m1/s1. The van der Waals surface area contributed by atoms with Crippen molar-refractivity contribution in [3.05, 3.63) is 53.8 Å². The molecule has 0 aliphatic heterocycles. The van der Waals surface area contributed by atoms with Crippen molar-refractivity contribution in [1.29, 1.82) is 0 Å². The van der Waals surface area contributed by atoms with Crippen molar-refractivity contribution < 1.29 is 13.9 Å². The van der Waals surface area contributed by atoms with Crippen LogP contribution >= 0.6 is 0 Å². The van der Waals surface area contributed by atoms with Crippen LogP contribution in [0, 0.1) is 5.82 Å². The predicted octanol–water partition coefficient (Wildman–Crippen LogP) is 3.65. The second kappa shape index (κ2) is 5.71. The number of hydrogen-bond acceptors (Lipinski definition) is 3. The first-order valence-corrected chi connectivity index (χ1v) is 5.97. The van der Waals surface area contributed by atoms with Gasteiger partial charge in [0, 0.05) is 17.7 Å². The molecule has 2 aromatic carbocycles. The van der Waals surface area contributed by atoms with Crippen molar-refractivity contribution in [3.8, 4) is 17.2 Å². The number of ether oxygens (including phenoxy) is 2. The van der Waals surface area contributed by atoms with Gasteiger partial charge in [0.15, 0.2) is 11.6 Å². The van der Waals surface area contributed by atoms with E-state index in [1.54, 1.807) is 50.4 Å². The molecule has 0 radical (unpaired) electrons. The largest absolute Gasteiger partial charge is 0.497 e. The van der Waals surface area contributed by atoms with E-state index in [2.05, 4.69) is 0 Å². The van der Waals surface area contributed by atoms with Gasteiger partial charge in [-0.15, -0.1) is 0 Å². The Kier molecular flexibility index (Phi) is 4.02. The molecular formula is C15H16FNO2. The lowest BCUT2D eigenvalue weighted by Crippen LogP contribution is -2.07. The van der Waals surface area contributed by atoms with E-state index < -0.39 is 5.82 Å². The molecular weight excluding hydrogens is 245 g/mol. The van der Waals surface area contributed by atoms with Crippen molar-refractivity contribution in [3.63, 3.8) is 0 Å². The fourth-order valence-corrected chi connectivity index (χ4v) is 1.77. The zero-order chi connectivity index (χ0) is 13.8. The number of methoxy groups -OCH3 is 1. The van der Waals surface area contributed by atoms with Gasteiger partial charge in [0.2, 0.25) is 0 Å². The summed E-state index contributed by atoms with van der Waals surface area (Å²) < 4.78 is 24.6. The first-order valence-electron chi connectivity index (χ1n) is 5.97. The molecule has 0 heterocycles. The average Bonchev–Trinajstić information content (AvgIpc) is 2.41. The first kappa shape index (κ1) is 13.4. The molecule has 19 heavy (non-hydrogen) atoms. The summed E-state index contributed by atoms with van der Waals surface area (Å²) in [4.78, 5) is 0. The smallest absolute Gasteiger partial charge is 0.167 e. The number of benzene rings is 2. The predicted molar refractivity (Wildman–Crippen MR) is 72.1 cm³/mol. The Morgan fingerprint density at radius 2 is 1.79 bits per heavy atom. The van der Waals surface area contributed by atoms with Gasteiger partial charge in [-0.1, -0.05) is 18.2 Å². The highest BCUT2D eigenvalue weighted by Gasteiger charge is 2.14. The van der Waals surface area contributed by atoms with Gasteiger partial charge in [-0.25, -0.2) is 4.39 Å². The van der Waals surface area contributed by atoms with Gasteiger partial charge in [-0.3, -0.25) is 0 Å². The molecule has 1 atom stereocenters. The molecule has 0 spiro atoms. The van der Waals surface area contributed by atoms with Crippen molar-refractivity contribution in [2.24, 2.45) is 5.73 Å². The van der Waals surface area contributed by atoms with Crippen LogP contribution in [0.1, 0.15) is 18.5 Å². The van der Waals surface area contributed by atoms with Crippen molar-refractivity contribution in [1.82, 2.24) is 0 Å². The highest BCUT2D eigenvalue weighted by molar-refractivity contribution is 5.42. The molecule has 0 amide bonds. The summed E-state index contributed by atoms with van der Waals surface area (Å²) in [6.45, 7) is 1.78. The van der Waals surface area contributed by atoms with Gasteiger partial charge in [0.05, 0.1) is 7.11 Å². The van der Waals surface area contributed by atoms with Crippen LogP contribution in [0.15, 0.2) is 42.5 Å². The summed E-state index contributed by atoms with van der Waals surface area (Å²) in [5.41, 5.74) is 6.45. The number of para-hydroxylation sites is 1. The third-order valence-corrected chi connectivity index (χ3v) is 2.75. The van der Waals surface area contributed by atoms with E-state index in [1.165, 1.54) is 6.07 Å². The quantitative estimate of drug-likeness (QED) is 0.913. The van der Waals surface area contributed by atoms with Gasteiger partial charge < -0.3 is 15.2 Å². The van der Waals surface area contributed by atoms with Crippen LogP contribution in [0.2, 0.25) is 0 Å². The van der Waals surface area contributed by atoms with Gasteiger partial charge in [0.1, 0.15) is 11.5 Å². The average molecular weight is 261 g/mol. The fraction of sp³-hybridized carbons (Fsp3) is 0.200. The first-order chi connectivity index (χ1) is 9.11. The van der Waals surface area contributed by atoms with E-state index in [9.17, 15) is 4.39 Å². The van der Waals surface area contributed by atoms with Crippen LogP contribution in [0.5, 0.6) is 17.2 Å². The maximum Gasteiger partial charge on any atom is 0.167 e. The van der Waals surface area contributed by atoms with Gasteiger partial charge in [-0.2, -0.15) is 0 Å². The molecule has 0 saturated heterocycles. The molecule has 2 aromatic rings. The van der Waals surface area contributed by atoms with E-state index in [0.717, 1.165) is 0 Å². The highest BCUT2D eigenvalue weighted by atomic mass is 19.1. The van der Waals surface area contributed by atoms with Crippen LogP contribution in [0.3, 0.4) is 0 Å². The van der Waals surface area contributed by atoms with Crippen LogP contribution in [0.25, 0.3) is 0 Å². The lowest BCUT2D eigenvalue weighted by molar-refractivity contribution is 0.403. The summed E-state index contributed by atoms with van der Waals surface area (Å²) in [7, 11) is 1.57.